The van der Waals surface area contributed by atoms with Crippen molar-refractivity contribution in [1.29, 1.82) is 0 Å². The number of anilines is 1. The molecule has 9 heteroatoms. The molecule has 1 aromatic carbocycles. The van der Waals surface area contributed by atoms with Crippen LogP contribution in [0.1, 0.15) is 26.7 Å². The maximum atomic E-state index is 12.1. The Morgan fingerprint density at radius 2 is 1.93 bits per heavy atom. The summed E-state index contributed by atoms with van der Waals surface area (Å²) < 4.78 is 0. The van der Waals surface area contributed by atoms with Gasteiger partial charge in [-0.1, -0.05) is 29.3 Å². The summed E-state index contributed by atoms with van der Waals surface area (Å²) in [6.07, 6.45) is 3.48. The quantitative estimate of drug-likeness (QED) is 0.373. The molecule has 0 saturated heterocycles. The molecule has 0 heterocycles. The first-order valence-electron chi connectivity index (χ1n) is 8.26. The van der Waals surface area contributed by atoms with Gasteiger partial charge in [0.25, 0.3) is 5.91 Å². The molecular formula is C19H18Cl2N4O3. The molecule has 1 aromatic rings. The lowest BCUT2D eigenvalue weighted by molar-refractivity contribution is -0.118. The molecular weight excluding hydrogens is 403 g/mol. The minimum Gasteiger partial charge on any atom is -0.326 e. The first-order chi connectivity index (χ1) is 13.2. The van der Waals surface area contributed by atoms with Crippen molar-refractivity contribution in [2.75, 3.05) is 5.32 Å². The molecule has 0 fully saturated rings. The lowest BCUT2D eigenvalue weighted by Gasteiger charge is -2.09. The molecule has 0 atom stereocenters. The van der Waals surface area contributed by atoms with Gasteiger partial charge in [-0.15, -0.1) is 5.73 Å². The van der Waals surface area contributed by atoms with Crippen molar-refractivity contribution in [1.82, 2.24) is 10.7 Å². The van der Waals surface area contributed by atoms with E-state index in [1.165, 1.54) is 13.0 Å². The van der Waals surface area contributed by atoms with Gasteiger partial charge >= 0.3 is 0 Å². The fourth-order valence-corrected chi connectivity index (χ4v) is 2.55. The third kappa shape index (κ3) is 6.70. The zero-order valence-electron chi connectivity index (χ0n) is 15.2. The van der Waals surface area contributed by atoms with Crippen molar-refractivity contribution in [2.45, 2.75) is 26.7 Å². The molecule has 0 bridgehead atoms. The van der Waals surface area contributed by atoms with Gasteiger partial charge in [-0.25, -0.2) is 5.43 Å². The Balaban J connectivity index is 1.89. The van der Waals surface area contributed by atoms with E-state index >= 15 is 0 Å². The van der Waals surface area contributed by atoms with Crippen LogP contribution in [-0.4, -0.2) is 23.4 Å². The second kappa shape index (κ2) is 9.90. The molecule has 0 unspecified atom stereocenters. The van der Waals surface area contributed by atoms with E-state index in [0.29, 0.717) is 39.1 Å². The van der Waals surface area contributed by atoms with Gasteiger partial charge in [0.05, 0.1) is 22.7 Å². The Morgan fingerprint density at radius 3 is 2.57 bits per heavy atom. The van der Waals surface area contributed by atoms with E-state index in [9.17, 15) is 14.4 Å². The SMILES string of the molecule is CC(=O)NC1=CCC(C(=O)N/N=C(\C)CC(=O)Nc2cc(Cl)ccc2Cl)=C=C1. The van der Waals surface area contributed by atoms with E-state index in [0.717, 1.165) is 0 Å². The van der Waals surface area contributed by atoms with E-state index in [2.05, 4.69) is 26.9 Å². The second-order valence-electron chi connectivity index (χ2n) is 5.95. The summed E-state index contributed by atoms with van der Waals surface area (Å²) in [5, 5.41) is 9.98. The molecule has 3 amide bonds. The molecule has 0 spiro atoms. The lowest BCUT2D eigenvalue weighted by Crippen LogP contribution is -2.24. The number of carbonyl (C=O) groups is 3. The van der Waals surface area contributed by atoms with E-state index in [4.69, 9.17) is 23.2 Å². The molecule has 0 radical (unpaired) electrons. The summed E-state index contributed by atoms with van der Waals surface area (Å²) in [7, 11) is 0. The van der Waals surface area contributed by atoms with Gasteiger partial charge in [-0.3, -0.25) is 14.4 Å². The highest BCUT2D eigenvalue weighted by Gasteiger charge is 2.12. The molecule has 3 N–H and O–H groups in total. The molecule has 28 heavy (non-hydrogen) atoms. The lowest BCUT2D eigenvalue weighted by atomic mass is 10.1. The van der Waals surface area contributed by atoms with Crippen LogP contribution in [0, 0.1) is 0 Å². The number of hydrazone groups is 1. The van der Waals surface area contributed by atoms with Crippen LogP contribution >= 0.6 is 23.2 Å². The van der Waals surface area contributed by atoms with Gasteiger partial charge in [-0.2, -0.15) is 5.10 Å². The molecule has 2 rings (SSSR count). The Bertz CT molecular complexity index is 944. The number of amides is 3. The van der Waals surface area contributed by atoms with Crippen molar-refractivity contribution >= 4 is 52.3 Å². The number of allylic oxidation sites excluding steroid dienone is 2. The second-order valence-corrected chi connectivity index (χ2v) is 6.79. The van der Waals surface area contributed by atoms with Gasteiger partial charge < -0.3 is 10.6 Å². The highest BCUT2D eigenvalue weighted by atomic mass is 35.5. The van der Waals surface area contributed by atoms with Crippen LogP contribution in [0.2, 0.25) is 10.0 Å². The van der Waals surface area contributed by atoms with Gasteiger partial charge in [0.2, 0.25) is 11.8 Å². The summed E-state index contributed by atoms with van der Waals surface area (Å²) in [5.74, 6) is -0.985. The van der Waals surface area contributed by atoms with Gasteiger partial charge in [0, 0.05) is 35.9 Å². The minimum atomic E-state index is -0.438. The summed E-state index contributed by atoms with van der Waals surface area (Å²) in [6, 6.07) is 4.74. The largest absolute Gasteiger partial charge is 0.326 e. The average Bonchev–Trinajstić information content (AvgIpc) is 2.63. The first-order valence-corrected chi connectivity index (χ1v) is 9.02. The van der Waals surface area contributed by atoms with Crippen LogP contribution in [0.15, 0.2) is 52.5 Å². The average molecular weight is 421 g/mol. The van der Waals surface area contributed by atoms with Crippen molar-refractivity contribution in [3.05, 3.63) is 57.4 Å². The monoisotopic (exact) mass is 420 g/mol. The van der Waals surface area contributed by atoms with Crippen molar-refractivity contribution in [2.24, 2.45) is 5.10 Å². The van der Waals surface area contributed by atoms with E-state index in [-0.39, 0.29) is 18.2 Å². The fourth-order valence-electron chi connectivity index (χ4n) is 2.22. The number of nitrogens with zero attached hydrogens (tertiary/aromatic N) is 1. The van der Waals surface area contributed by atoms with Gasteiger partial charge in [-0.05, 0) is 25.1 Å². The summed E-state index contributed by atoms with van der Waals surface area (Å²) >= 11 is 11.9. The normalized spacial score (nSPS) is 13.4. The molecule has 1 aliphatic carbocycles. The molecule has 7 nitrogen and oxygen atoms in total. The summed E-state index contributed by atoms with van der Waals surface area (Å²) in [4.78, 5) is 35.2. The zero-order chi connectivity index (χ0) is 20.7. The smallest absolute Gasteiger partial charge is 0.275 e. The van der Waals surface area contributed by atoms with Gasteiger partial charge in [0.15, 0.2) is 0 Å². The van der Waals surface area contributed by atoms with Crippen molar-refractivity contribution < 1.29 is 14.4 Å². The molecule has 0 saturated carbocycles. The molecule has 146 valence electrons. The Hall–Kier alpha value is -2.86. The van der Waals surface area contributed by atoms with Crippen molar-refractivity contribution in [3.63, 3.8) is 0 Å². The predicted octanol–water partition coefficient (Wildman–Crippen LogP) is 3.32. The van der Waals surface area contributed by atoms with Crippen LogP contribution in [0.4, 0.5) is 5.69 Å². The molecule has 1 aliphatic rings. The van der Waals surface area contributed by atoms with E-state index in [1.54, 1.807) is 31.2 Å². The Kier molecular flexibility index (Phi) is 7.58. The minimum absolute atomic E-state index is 0.0371. The molecule has 0 aliphatic heterocycles. The number of benzene rings is 1. The summed E-state index contributed by atoms with van der Waals surface area (Å²) in [5.41, 5.74) is 6.93. The fraction of sp³-hybridized carbons (Fsp3) is 0.211. The number of hydrogen-bond donors (Lipinski definition) is 3. The van der Waals surface area contributed by atoms with E-state index < -0.39 is 5.91 Å². The van der Waals surface area contributed by atoms with Crippen LogP contribution in [0.5, 0.6) is 0 Å². The highest BCUT2D eigenvalue weighted by molar-refractivity contribution is 6.35. The van der Waals surface area contributed by atoms with Crippen LogP contribution in [0.3, 0.4) is 0 Å². The number of nitrogens with one attached hydrogen (secondary N) is 3. The number of halogens is 2. The van der Waals surface area contributed by atoms with E-state index in [1.807, 2.05) is 0 Å². The number of hydrogen-bond acceptors (Lipinski definition) is 4. The zero-order valence-corrected chi connectivity index (χ0v) is 16.7. The Labute approximate surface area is 172 Å². The summed E-state index contributed by atoms with van der Waals surface area (Å²) in [6.45, 7) is 3.01. The Morgan fingerprint density at radius 1 is 1.18 bits per heavy atom. The number of rotatable bonds is 6. The predicted molar refractivity (Wildman–Crippen MR) is 109 cm³/mol. The van der Waals surface area contributed by atoms with Gasteiger partial charge in [0.1, 0.15) is 0 Å². The topological polar surface area (TPSA) is 99.7 Å². The molecule has 0 aromatic heterocycles. The maximum absolute atomic E-state index is 12.1. The first kappa shape index (κ1) is 21.4. The highest BCUT2D eigenvalue weighted by Crippen LogP contribution is 2.25. The van der Waals surface area contributed by atoms with Crippen LogP contribution in [-0.2, 0) is 14.4 Å². The van der Waals surface area contributed by atoms with Crippen LogP contribution < -0.4 is 16.1 Å². The van der Waals surface area contributed by atoms with Crippen LogP contribution in [0.25, 0.3) is 0 Å². The number of carbonyl (C=O) groups excluding carboxylic acids is 3. The maximum Gasteiger partial charge on any atom is 0.275 e. The third-order valence-electron chi connectivity index (χ3n) is 3.49. The van der Waals surface area contributed by atoms with Crippen molar-refractivity contribution in [3.8, 4) is 0 Å². The third-order valence-corrected chi connectivity index (χ3v) is 4.05. The standard InChI is InChI=1S/C19H18Cl2N4O3/c1-11(9-18(27)23-17-10-14(20)5-8-16(17)21)24-25-19(28)13-3-6-15(7-4-13)22-12(2)26/h5-8,10H,3,9H2,1-2H3,(H,22,26)(H,23,27)(H,25,28)/b24-11+.